The van der Waals surface area contributed by atoms with Crippen LogP contribution in [0.25, 0.3) is 0 Å². The highest BCUT2D eigenvalue weighted by Gasteiger charge is 2.22. The molecule has 0 aliphatic carbocycles. The molecule has 0 fully saturated rings. The van der Waals surface area contributed by atoms with Crippen molar-refractivity contribution >= 4 is 11.7 Å². The standard InChI is InChI=1S/C22H19F4N5O2/c1-13-6-14(2-3-19(13)33-22(26)17(24)9-23)7-21(32)29-20-4-5-31(30-20)12-16-8-15(10-27)18(25)11-28-16/h2-6,8,11,17,22H,7,9,12H2,1H3,(H,29,30,32). The van der Waals surface area contributed by atoms with Crippen LogP contribution in [0.15, 0.2) is 42.7 Å². The van der Waals surface area contributed by atoms with Crippen LogP contribution in [0.5, 0.6) is 5.75 Å². The quantitative estimate of drug-likeness (QED) is 0.490. The number of hydrogen-bond acceptors (Lipinski definition) is 5. The predicted octanol–water partition coefficient (Wildman–Crippen LogP) is 3.81. The number of aromatic nitrogens is 3. The van der Waals surface area contributed by atoms with Gasteiger partial charge in [-0.25, -0.2) is 13.2 Å². The molecule has 172 valence electrons. The summed E-state index contributed by atoms with van der Waals surface area (Å²) in [6.45, 7) is 0.272. The summed E-state index contributed by atoms with van der Waals surface area (Å²) in [5, 5.41) is 15.7. The number of carbonyl (C=O) groups excluding carboxylic acids is 1. The lowest BCUT2D eigenvalue weighted by atomic mass is 10.1. The number of halogens is 4. The average Bonchev–Trinajstić information content (AvgIpc) is 3.22. The van der Waals surface area contributed by atoms with E-state index in [-0.39, 0.29) is 36.0 Å². The molecule has 0 bridgehead atoms. The maximum absolute atomic E-state index is 13.5. The molecule has 2 unspecified atom stereocenters. The molecule has 0 aliphatic rings. The van der Waals surface area contributed by atoms with Crippen molar-refractivity contribution in [2.45, 2.75) is 32.4 Å². The fourth-order valence-corrected chi connectivity index (χ4v) is 2.93. The molecule has 33 heavy (non-hydrogen) atoms. The highest BCUT2D eigenvalue weighted by molar-refractivity contribution is 5.91. The second-order valence-electron chi connectivity index (χ2n) is 7.13. The smallest absolute Gasteiger partial charge is 0.271 e. The van der Waals surface area contributed by atoms with Gasteiger partial charge in [0, 0.05) is 12.3 Å². The molecule has 0 aliphatic heterocycles. The summed E-state index contributed by atoms with van der Waals surface area (Å²) < 4.78 is 58.3. The van der Waals surface area contributed by atoms with Gasteiger partial charge in [-0.1, -0.05) is 12.1 Å². The maximum Gasteiger partial charge on any atom is 0.271 e. The first kappa shape index (κ1) is 23.7. The second-order valence-corrected chi connectivity index (χ2v) is 7.13. The monoisotopic (exact) mass is 461 g/mol. The number of rotatable bonds is 9. The average molecular weight is 461 g/mol. The Hall–Kier alpha value is -3.94. The third-order valence-electron chi connectivity index (χ3n) is 4.54. The Morgan fingerprint density at radius 3 is 2.79 bits per heavy atom. The van der Waals surface area contributed by atoms with Crippen LogP contribution in [-0.2, 0) is 17.8 Å². The molecular weight excluding hydrogens is 442 g/mol. The SMILES string of the molecule is Cc1cc(CC(=O)Nc2ccn(Cc3cc(C#N)c(F)cn3)n2)ccc1OC(F)C(F)CF. The number of benzene rings is 1. The fourth-order valence-electron chi connectivity index (χ4n) is 2.93. The first-order chi connectivity index (χ1) is 15.8. The molecule has 3 rings (SSSR count). The molecule has 2 heterocycles. The topological polar surface area (TPSA) is 92.8 Å². The van der Waals surface area contributed by atoms with Crippen LogP contribution in [0.1, 0.15) is 22.4 Å². The Kier molecular flexibility index (Phi) is 7.61. The van der Waals surface area contributed by atoms with Crippen LogP contribution in [0.4, 0.5) is 23.4 Å². The number of anilines is 1. The number of alkyl halides is 3. The summed E-state index contributed by atoms with van der Waals surface area (Å²) in [6.07, 6.45) is -2.26. The van der Waals surface area contributed by atoms with Crippen LogP contribution < -0.4 is 10.1 Å². The van der Waals surface area contributed by atoms with E-state index in [0.717, 1.165) is 6.20 Å². The van der Waals surface area contributed by atoms with Gasteiger partial charge in [0.15, 0.2) is 17.8 Å². The summed E-state index contributed by atoms with van der Waals surface area (Å²) in [6, 6.07) is 9.11. The van der Waals surface area contributed by atoms with Gasteiger partial charge in [0.05, 0.1) is 30.4 Å². The highest BCUT2D eigenvalue weighted by Crippen LogP contribution is 2.23. The van der Waals surface area contributed by atoms with E-state index in [2.05, 4.69) is 15.4 Å². The molecule has 2 aromatic heterocycles. The number of carbonyl (C=O) groups is 1. The minimum Gasteiger partial charge on any atom is -0.457 e. The van der Waals surface area contributed by atoms with Gasteiger partial charge in [-0.3, -0.25) is 14.5 Å². The minimum atomic E-state index is -2.42. The van der Waals surface area contributed by atoms with Crippen molar-refractivity contribution in [3.63, 3.8) is 0 Å². The second kappa shape index (κ2) is 10.6. The van der Waals surface area contributed by atoms with Gasteiger partial charge in [0.1, 0.15) is 18.5 Å². The number of nitriles is 1. The van der Waals surface area contributed by atoms with E-state index in [9.17, 15) is 22.4 Å². The zero-order valence-corrected chi connectivity index (χ0v) is 17.4. The van der Waals surface area contributed by atoms with Crippen molar-refractivity contribution in [3.05, 3.63) is 70.9 Å². The lowest BCUT2D eigenvalue weighted by Gasteiger charge is -2.15. The number of nitrogens with one attached hydrogen (secondary N) is 1. The molecule has 2 atom stereocenters. The number of amides is 1. The molecule has 1 N–H and O–H groups in total. The van der Waals surface area contributed by atoms with E-state index in [1.807, 2.05) is 0 Å². The summed E-state index contributed by atoms with van der Waals surface area (Å²) >= 11 is 0. The van der Waals surface area contributed by atoms with Crippen LogP contribution in [0.3, 0.4) is 0 Å². The van der Waals surface area contributed by atoms with Gasteiger partial charge in [0.25, 0.3) is 6.36 Å². The first-order valence-corrected chi connectivity index (χ1v) is 9.77. The normalized spacial score (nSPS) is 12.6. The van der Waals surface area contributed by atoms with E-state index in [4.69, 9.17) is 10.00 Å². The lowest BCUT2D eigenvalue weighted by Crippen LogP contribution is -2.25. The van der Waals surface area contributed by atoms with E-state index < -0.39 is 25.0 Å². The molecule has 0 saturated carbocycles. The zero-order chi connectivity index (χ0) is 24.0. The summed E-state index contributed by atoms with van der Waals surface area (Å²) in [5.41, 5.74) is 1.35. The van der Waals surface area contributed by atoms with Gasteiger partial charge in [-0.05, 0) is 30.2 Å². The zero-order valence-electron chi connectivity index (χ0n) is 17.4. The maximum atomic E-state index is 13.5. The van der Waals surface area contributed by atoms with Crippen molar-refractivity contribution in [2.24, 2.45) is 0 Å². The number of nitrogens with zero attached hydrogens (tertiary/aromatic N) is 4. The van der Waals surface area contributed by atoms with Crippen molar-refractivity contribution in [2.75, 3.05) is 12.0 Å². The lowest BCUT2D eigenvalue weighted by molar-refractivity contribution is -0.115. The van der Waals surface area contributed by atoms with Crippen LogP contribution >= 0.6 is 0 Å². The Labute approximate surface area is 186 Å². The molecule has 11 heteroatoms. The summed E-state index contributed by atoms with van der Waals surface area (Å²) in [5.74, 6) is -0.750. The molecule has 0 saturated heterocycles. The van der Waals surface area contributed by atoms with Crippen molar-refractivity contribution in [3.8, 4) is 11.8 Å². The number of ether oxygens (including phenoxy) is 1. The summed E-state index contributed by atoms with van der Waals surface area (Å²) in [4.78, 5) is 16.2. The molecule has 3 aromatic rings. The van der Waals surface area contributed by atoms with Crippen molar-refractivity contribution in [1.29, 1.82) is 5.26 Å². The van der Waals surface area contributed by atoms with E-state index in [1.165, 1.54) is 22.9 Å². The van der Waals surface area contributed by atoms with Gasteiger partial charge in [-0.15, -0.1) is 0 Å². The third kappa shape index (κ3) is 6.29. The Morgan fingerprint density at radius 1 is 1.30 bits per heavy atom. The Morgan fingerprint density at radius 2 is 2.09 bits per heavy atom. The largest absolute Gasteiger partial charge is 0.457 e. The van der Waals surface area contributed by atoms with Gasteiger partial charge < -0.3 is 10.1 Å². The number of pyridine rings is 1. The van der Waals surface area contributed by atoms with Crippen LogP contribution in [0, 0.1) is 24.1 Å². The van der Waals surface area contributed by atoms with Crippen molar-refractivity contribution in [1.82, 2.24) is 14.8 Å². The van der Waals surface area contributed by atoms with E-state index in [1.54, 1.807) is 31.3 Å². The first-order valence-electron chi connectivity index (χ1n) is 9.77. The molecule has 1 amide bonds. The van der Waals surface area contributed by atoms with E-state index in [0.29, 0.717) is 16.8 Å². The molecule has 0 radical (unpaired) electrons. The van der Waals surface area contributed by atoms with E-state index >= 15 is 0 Å². The molecule has 0 spiro atoms. The molecular formula is C22H19F4N5O2. The minimum absolute atomic E-state index is 0.0195. The van der Waals surface area contributed by atoms with Gasteiger partial charge in [0.2, 0.25) is 5.91 Å². The number of aryl methyl sites for hydroxylation is 1. The van der Waals surface area contributed by atoms with Gasteiger partial charge in [-0.2, -0.15) is 14.8 Å². The van der Waals surface area contributed by atoms with Gasteiger partial charge >= 0.3 is 0 Å². The Bertz CT molecular complexity index is 1180. The van der Waals surface area contributed by atoms with Crippen LogP contribution in [-0.4, -0.2) is 39.9 Å². The predicted molar refractivity (Wildman–Crippen MR) is 110 cm³/mol. The Balaban J connectivity index is 1.57. The van der Waals surface area contributed by atoms with Crippen molar-refractivity contribution < 1.29 is 27.1 Å². The third-order valence-corrected chi connectivity index (χ3v) is 4.54. The highest BCUT2D eigenvalue weighted by atomic mass is 19.2. The van der Waals surface area contributed by atoms with Crippen LogP contribution in [0.2, 0.25) is 0 Å². The molecule has 7 nitrogen and oxygen atoms in total. The number of hydrogen-bond donors (Lipinski definition) is 1. The fraction of sp³-hybridized carbons (Fsp3) is 0.273. The summed E-state index contributed by atoms with van der Waals surface area (Å²) in [7, 11) is 0. The molecule has 1 aromatic carbocycles.